The zero-order valence-electron chi connectivity index (χ0n) is 16.3. The summed E-state index contributed by atoms with van der Waals surface area (Å²) in [5.41, 5.74) is -0.501. The van der Waals surface area contributed by atoms with Crippen molar-refractivity contribution in [1.82, 2.24) is 5.32 Å². The first kappa shape index (κ1) is 22.6. The summed E-state index contributed by atoms with van der Waals surface area (Å²) in [5, 5.41) is 2.62. The number of hydrogen-bond donors (Lipinski definition) is 1. The van der Waals surface area contributed by atoms with Gasteiger partial charge in [-0.2, -0.15) is 0 Å². The Morgan fingerprint density at radius 1 is 0.963 bits per heavy atom. The van der Waals surface area contributed by atoms with Gasteiger partial charge in [0, 0.05) is 6.54 Å². The topological polar surface area (TPSA) is 75.3 Å². The van der Waals surface area contributed by atoms with Crippen LogP contribution in [0.4, 0.5) is 4.79 Å². The number of hydrogen-bond acceptors (Lipinski definition) is 6. The molecule has 27 heavy (non-hydrogen) atoms. The Bertz CT molecular complexity index is 574. The van der Waals surface area contributed by atoms with Gasteiger partial charge in [-0.05, 0) is 45.0 Å². The summed E-state index contributed by atoms with van der Waals surface area (Å²) in [7, 11) is 0. The summed E-state index contributed by atoms with van der Waals surface area (Å²) in [6.45, 7) is 8.25. The first-order valence-corrected chi connectivity index (χ1v) is 8.82. The van der Waals surface area contributed by atoms with Gasteiger partial charge in [0.05, 0.1) is 26.4 Å². The number of carbonyl (C=O) groups excluding carboxylic acids is 1. The highest BCUT2D eigenvalue weighted by Gasteiger charge is 2.15. The molecule has 0 aliphatic rings. The lowest BCUT2D eigenvalue weighted by atomic mass is 10.2. The Labute approximate surface area is 161 Å². The maximum absolute atomic E-state index is 11.4. The Hall–Kier alpha value is -2.43. The zero-order chi connectivity index (χ0) is 20.0. The van der Waals surface area contributed by atoms with Crippen molar-refractivity contribution in [3.63, 3.8) is 0 Å². The van der Waals surface area contributed by atoms with Crippen molar-refractivity contribution in [3.05, 3.63) is 24.3 Å². The van der Waals surface area contributed by atoms with Crippen LogP contribution in [-0.4, -0.2) is 57.9 Å². The lowest BCUT2D eigenvalue weighted by molar-refractivity contribution is 0.0327. The van der Waals surface area contributed by atoms with Crippen molar-refractivity contribution in [2.75, 3.05) is 46.2 Å². The van der Waals surface area contributed by atoms with Crippen LogP contribution in [0.1, 0.15) is 20.8 Å². The summed E-state index contributed by atoms with van der Waals surface area (Å²) in [4.78, 5) is 11.4. The Morgan fingerprint density at radius 2 is 1.52 bits per heavy atom. The van der Waals surface area contributed by atoms with Crippen LogP contribution in [0.5, 0.6) is 11.5 Å². The van der Waals surface area contributed by atoms with Gasteiger partial charge in [0.25, 0.3) is 0 Å². The second-order valence-corrected chi connectivity index (χ2v) is 6.47. The maximum atomic E-state index is 11.4. The van der Waals surface area contributed by atoms with E-state index in [1.807, 2.05) is 32.9 Å². The van der Waals surface area contributed by atoms with Crippen molar-refractivity contribution in [2.24, 2.45) is 0 Å². The molecule has 0 spiro atoms. The molecule has 0 unspecified atom stereocenters. The molecule has 7 nitrogen and oxygen atoms in total. The van der Waals surface area contributed by atoms with Gasteiger partial charge < -0.3 is 29.0 Å². The molecule has 1 amide bonds. The van der Waals surface area contributed by atoms with Crippen LogP contribution in [0.3, 0.4) is 0 Å². The molecule has 0 heterocycles. The molecule has 0 aliphatic heterocycles. The Kier molecular flexibility index (Phi) is 10.8. The smallest absolute Gasteiger partial charge is 0.407 e. The third-order valence-corrected chi connectivity index (χ3v) is 2.93. The van der Waals surface area contributed by atoms with Crippen molar-refractivity contribution >= 4 is 6.09 Å². The molecule has 0 bridgehead atoms. The second-order valence-electron chi connectivity index (χ2n) is 6.47. The summed E-state index contributed by atoms with van der Waals surface area (Å²) >= 11 is 0. The van der Waals surface area contributed by atoms with E-state index in [0.29, 0.717) is 45.3 Å². The first-order chi connectivity index (χ1) is 12.9. The summed E-state index contributed by atoms with van der Waals surface area (Å²) in [6.07, 6.45) is 4.68. The number of nitrogens with one attached hydrogen (secondary N) is 1. The molecular formula is C20H29NO6. The molecular weight excluding hydrogens is 350 g/mol. The fourth-order valence-corrected chi connectivity index (χ4v) is 1.84. The monoisotopic (exact) mass is 379 g/mol. The molecule has 1 aromatic carbocycles. The highest BCUT2D eigenvalue weighted by Crippen LogP contribution is 2.17. The molecule has 0 fully saturated rings. The number of carbonyl (C=O) groups is 1. The van der Waals surface area contributed by atoms with Crippen LogP contribution in [0.25, 0.3) is 0 Å². The Morgan fingerprint density at radius 3 is 2.11 bits per heavy atom. The largest absolute Gasteiger partial charge is 0.491 e. The van der Waals surface area contributed by atoms with Crippen molar-refractivity contribution in [3.8, 4) is 23.8 Å². The average molecular weight is 379 g/mol. The minimum absolute atomic E-state index is 0.243. The van der Waals surface area contributed by atoms with E-state index in [-0.39, 0.29) is 6.61 Å². The van der Waals surface area contributed by atoms with Crippen molar-refractivity contribution in [1.29, 1.82) is 0 Å². The lowest BCUT2D eigenvalue weighted by Crippen LogP contribution is -2.34. The maximum Gasteiger partial charge on any atom is 0.407 e. The summed E-state index contributed by atoms with van der Waals surface area (Å²) < 4.78 is 26.7. The molecule has 150 valence electrons. The second kappa shape index (κ2) is 12.8. The van der Waals surface area contributed by atoms with Crippen LogP contribution in [0, 0.1) is 12.3 Å². The van der Waals surface area contributed by atoms with Gasteiger partial charge >= 0.3 is 6.09 Å². The number of amides is 1. The van der Waals surface area contributed by atoms with E-state index in [0.717, 1.165) is 5.75 Å². The third kappa shape index (κ3) is 12.5. The molecule has 0 atom stereocenters. The number of benzene rings is 1. The fraction of sp³-hybridized carbons (Fsp3) is 0.550. The normalized spacial score (nSPS) is 10.7. The molecule has 0 aliphatic carbocycles. The van der Waals surface area contributed by atoms with Crippen molar-refractivity contribution in [2.45, 2.75) is 26.4 Å². The highest BCUT2D eigenvalue weighted by atomic mass is 16.6. The fourth-order valence-electron chi connectivity index (χ4n) is 1.84. The van der Waals surface area contributed by atoms with E-state index in [1.165, 1.54) is 0 Å². The van der Waals surface area contributed by atoms with E-state index in [2.05, 4.69) is 11.2 Å². The summed E-state index contributed by atoms with van der Waals surface area (Å²) in [5.74, 6) is 3.85. The standard InChI is InChI=1S/C20H29NO6/c1-5-11-25-17-6-8-18(9-7-17)26-16-15-24-14-13-23-12-10-21-19(22)27-20(2,3)4/h1,6-9H,10-16H2,2-4H3,(H,21,22). The van der Waals surface area contributed by atoms with Gasteiger partial charge in [-0.25, -0.2) is 4.79 Å². The molecule has 0 radical (unpaired) electrons. The van der Waals surface area contributed by atoms with Crippen LogP contribution >= 0.6 is 0 Å². The van der Waals surface area contributed by atoms with Gasteiger partial charge in [0.1, 0.15) is 30.3 Å². The zero-order valence-corrected chi connectivity index (χ0v) is 16.3. The predicted octanol–water partition coefficient (Wildman–Crippen LogP) is 2.64. The number of rotatable bonds is 12. The first-order valence-electron chi connectivity index (χ1n) is 8.82. The lowest BCUT2D eigenvalue weighted by Gasteiger charge is -2.19. The van der Waals surface area contributed by atoms with E-state index in [4.69, 9.17) is 30.1 Å². The van der Waals surface area contributed by atoms with E-state index in [9.17, 15) is 4.79 Å². The van der Waals surface area contributed by atoms with Gasteiger partial charge in [-0.1, -0.05) is 5.92 Å². The molecule has 1 aromatic rings. The van der Waals surface area contributed by atoms with Crippen LogP contribution in [0.2, 0.25) is 0 Å². The molecule has 1 rings (SSSR count). The van der Waals surface area contributed by atoms with Crippen LogP contribution in [-0.2, 0) is 14.2 Å². The molecule has 0 saturated carbocycles. The minimum atomic E-state index is -0.501. The van der Waals surface area contributed by atoms with Gasteiger partial charge in [-0.15, -0.1) is 6.42 Å². The van der Waals surface area contributed by atoms with Crippen LogP contribution in [0.15, 0.2) is 24.3 Å². The van der Waals surface area contributed by atoms with Gasteiger partial charge in [0.15, 0.2) is 0 Å². The van der Waals surface area contributed by atoms with E-state index < -0.39 is 11.7 Å². The average Bonchev–Trinajstić information content (AvgIpc) is 2.61. The van der Waals surface area contributed by atoms with E-state index in [1.54, 1.807) is 12.1 Å². The summed E-state index contributed by atoms with van der Waals surface area (Å²) in [6, 6.07) is 7.22. The highest BCUT2D eigenvalue weighted by molar-refractivity contribution is 5.67. The van der Waals surface area contributed by atoms with Crippen LogP contribution < -0.4 is 14.8 Å². The third-order valence-electron chi connectivity index (χ3n) is 2.93. The van der Waals surface area contributed by atoms with Crippen molar-refractivity contribution < 1.29 is 28.5 Å². The molecule has 0 aromatic heterocycles. The molecule has 1 N–H and O–H groups in total. The number of terminal acetylenes is 1. The number of alkyl carbamates (subject to hydrolysis) is 1. The molecule has 7 heteroatoms. The van der Waals surface area contributed by atoms with E-state index >= 15 is 0 Å². The Balaban J connectivity index is 1.94. The quantitative estimate of drug-likeness (QED) is 0.444. The SMILES string of the molecule is C#CCOc1ccc(OCCOCCOCCNC(=O)OC(C)(C)C)cc1. The van der Waals surface area contributed by atoms with Gasteiger partial charge in [0.2, 0.25) is 0 Å². The minimum Gasteiger partial charge on any atom is -0.491 e. The molecule has 0 saturated heterocycles. The number of ether oxygens (including phenoxy) is 5. The predicted molar refractivity (Wildman–Crippen MR) is 102 cm³/mol. The van der Waals surface area contributed by atoms with Gasteiger partial charge in [-0.3, -0.25) is 0 Å².